The standard InChI is InChI=1S/C11H21NOS/c1-3-12-11(13)6-4-5-7-14-8-10(14)9(14)2/h9-10H,3-8H2,1-2H3,(H,12,13). The molecule has 0 bridgehead atoms. The maximum absolute atomic E-state index is 11.2. The van der Waals surface area contributed by atoms with Crippen molar-refractivity contribution in [1.82, 2.24) is 5.32 Å². The van der Waals surface area contributed by atoms with E-state index in [4.69, 9.17) is 0 Å². The predicted octanol–water partition coefficient (Wildman–Crippen LogP) is 1.88. The van der Waals surface area contributed by atoms with Gasteiger partial charge < -0.3 is 5.32 Å². The number of carbonyl (C=O) groups excluding carboxylic acids is 1. The highest BCUT2D eigenvalue weighted by molar-refractivity contribution is 8.47. The Morgan fingerprint density at radius 3 is 2.71 bits per heavy atom. The minimum Gasteiger partial charge on any atom is -0.356 e. The molecule has 0 aliphatic carbocycles. The van der Waals surface area contributed by atoms with Gasteiger partial charge in [0.2, 0.25) is 5.91 Å². The molecule has 0 radical (unpaired) electrons. The molecular weight excluding hydrogens is 194 g/mol. The zero-order chi connectivity index (χ0) is 10.2. The van der Waals surface area contributed by atoms with E-state index in [9.17, 15) is 4.79 Å². The maximum Gasteiger partial charge on any atom is 0.219 e. The molecular formula is C11H21NOS. The molecule has 1 amide bonds. The number of rotatable bonds is 6. The summed E-state index contributed by atoms with van der Waals surface area (Å²) in [7, 11) is -0.0281. The monoisotopic (exact) mass is 215 g/mol. The first kappa shape index (κ1) is 10.3. The van der Waals surface area contributed by atoms with Gasteiger partial charge in [-0.3, -0.25) is 4.79 Å². The van der Waals surface area contributed by atoms with Crippen molar-refractivity contribution in [2.45, 2.75) is 43.6 Å². The first-order chi connectivity index (χ1) is 6.70. The molecule has 2 nitrogen and oxygen atoms in total. The third kappa shape index (κ3) is 1.79. The fourth-order valence-corrected chi connectivity index (χ4v) is 7.15. The molecule has 3 heteroatoms. The molecule has 2 rings (SSSR count). The van der Waals surface area contributed by atoms with E-state index < -0.39 is 0 Å². The Hall–Kier alpha value is -0.180. The molecule has 2 saturated heterocycles. The summed E-state index contributed by atoms with van der Waals surface area (Å²) in [5, 5.41) is 5.09. The average molecular weight is 215 g/mol. The van der Waals surface area contributed by atoms with Crippen LogP contribution in [0.25, 0.3) is 0 Å². The predicted molar refractivity (Wildman–Crippen MR) is 63.1 cm³/mol. The lowest BCUT2D eigenvalue weighted by Crippen LogP contribution is -2.22. The van der Waals surface area contributed by atoms with Gasteiger partial charge >= 0.3 is 0 Å². The number of amides is 1. The summed E-state index contributed by atoms with van der Waals surface area (Å²) in [4.78, 5) is 11.2. The third-order valence-corrected chi connectivity index (χ3v) is 8.58. The normalized spacial score (nSPS) is 42.1. The number of hydrogen-bond acceptors (Lipinski definition) is 1. The average Bonchev–Trinajstić information content (AvgIpc) is 3.01. The van der Waals surface area contributed by atoms with Crippen LogP contribution in [0.5, 0.6) is 0 Å². The van der Waals surface area contributed by atoms with Gasteiger partial charge in [-0.1, -0.05) is 6.92 Å². The third-order valence-electron chi connectivity index (χ3n) is 3.70. The van der Waals surface area contributed by atoms with Crippen LogP contribution < -0.4 is 5.32 Å². The molecule has 3 atom stereocenters. The van der Waals surface area contributed by atoms with Gasteiger partial charge in [0.15, 0.2) is 0 Å². The molecule has 2 aliphatic rings. The van der Waals surface area contributed by atoms with Gasteiger partial charge in [-0.15, -0.1) is 0 Å². The lowest BCUT2D eigenvalue weighted by atomic mass is 10.2. The van der Waals surface area contributed by atoms with Crippen LogP contribution in [0.2, 0.25) is 0 Å². The van der Waals surface area contributed by atoms with E-state index in [1.54, 1.807) is 5.75 Å². The molecule has 0 aromatic heterocycles. The molecule has 0 saturated carbocycles. The van der Waals surface area contributed by atoms with E-state index in [2.05, 4.69) is 12.2 Å². The number of fused-ring (bicyclic) bond motifs is 1. The quantitative estimate of drug-likeness (QED) is 0.532. The highest BCUT2D eigenvalue weighted by atomic mass is 32.3. The Balaban J connectivity index is 1.50. The van der Waals surface area contributed by atoms with E-state index in [0.29, 0.717) is 0 Å². The second kappa shape index (κ2) is 3.76. The molecule has 82 valence electrons. The highest BCUT2D eigenvalue weighted by Crippen LogP contribution is 2.90. The Kier molecular flexibility index (Phi) is 2.78. The lowest BCUT2D eigenvalue weighted by Gasteiger charge is -2.10. The van der Waals surface area contributed by atoms with Crippen molar-refractivity contribution in [3.05, 3.63) is 0 Å². The Morgan fingerprint density at radius 1 is 1.50 bits per heavy atom. The zero-order valence-corrected chi connectivity index (χ0v) is 10.0. The molecule has 2 heterocycles. The SMILES string of the molecule is CCNC(=O)CCCCS12CC1C2C. The van der Waals surface area contributed by atoms with Gasteiger partial charge in [-0.2, -0.15) is 0 Å². The van der Waals surface area contributed by atoms with Crippen molar-refractivity contribution < 1.29 is 4.79 Å². The lowest BCUT2D eigenvalue weighted by molar-refractivity contribution is -0.121. The second-order valence-corrected chi connectivity index (χ2v) is 8.64. The van der Waals surface area contributed by atoms with Crippen LogP contribution in [0, 0.1) is 0 Å². The molecule has 14 heavy (non-hydrogen) atoms. The van der Waals surface area contributed by atoms with E-state index in [-0.39, 0.29) is 15.9 Å². The molecule has 2 aliphatic heterocycles. The van der Waals surface area contributed by atoms with Gasteiger partial charge in [-0.25, -0.2) is 10.0 Å². The van der Waals surface area contributed by atoms with E-state index in [1.807, 2.05) is 6.92 Å². The molecule has 0 aromatic carbocycles. The van der Waals surface area contributed by atoms with Crippen LogP contribution in [0.4, 0.5) is 0 Å². The largest absolute Gasteiger partial charge is 0.356 e. The zero-order valence-electron chi connectivity index (χ0n) is 9.21. The summed E-state index contributed by atoms with van der Waals surface area (Å²) in [6, 6.07) is 0. The van der Waals surface area contributed by atoms with Crippen LogP contribution in [0.15, 0.2) is 0 Å². The number of nitrogens with one attached hydrogen (secondary N) is 1. The van der Waals surface area contributed by atoms with Gasteiger partial charge in [0.05, 0.1) is 0 Å². The van der Waals surface area contributed by atoms with Crippen molar-refractivity contribution in [2.24, 2.45) is 0 Å². The summed E-state index contributed by atoms with van der Waals surface area (Å²) in [6.45, 7) is 5.15. The van der Waals surface area contributed by atoms with Gasteiger partial charge in [0.25, 0.3) is 0 Å². The van der Waals surface area contributed by atoms with Crippen molar-refractivity contribution in [3.63, 3.8) is 0 Å². The second-order valence-electron chi connectivity index (χ2n) is 4.53. The Bertz CT molecular complexity index is 237. The summed E-state index contributed by atoms with van der Waals surface area (Å²) in [6.07, 6.45) is 3.12. The van der Waals surface area contributed by atoms with Crippen molar-refractivity contribution in [2.75, 3.05) is 18.1 Å². The van der Waals surface area contributed by atoms with Gasteiger partial charge in [-0.05, 0) is 36.5 Å². The highest BCUT2D eigenvalue weighted by Gasteiger charge is 2.70. The Morgan fingerprint density at radius 2 is 2.21 bits per heavy atom. The summed E-state index contributed by atoms with van der Waals surface area (Å²) in [5.74, 6) is 3.25. The Labute approximate surface area is 88.1 Å². The van der Waals surface area contributed by atoms with Crippen LogP contribution in [-0.2, 0) is 4.79 Å². The van der Waals surface area contributed by atoms with E-state index >= 15 is 0 Å². The molecule has 3 unspecified atom stereocenters. The molecule has 1 N–H and O–H groups in total. The summed E-state index contributed by atoms with van der Waals surface area (Å²) >= 11 is 0. The van der Waals surface area contributed by atoms with Crippen LogP contribution >= 0.6 is 10.0 Å². The minimum atomic E-state index is -0.0281. The topological polar surface area (TPSA) is 29.1 Å². The first-order valence-corrected chi connectivity index (χ1v) is 7.83. The van der Waals surface area contributed by atoms with Gasteiger partial charge in [0, 0.05) is 18.2 Å². The fourth-order valence-electron chi connectivity index (χ4n) is 2.43. The van der Waals surface area contributed by atoms with Crippen molar-refractivity contribution >= 4 is 15.9 Å². The molecule has 0 spiro atoms. The number of carbonyl (C=O) groups is 1. The minimum absolute atomic E-state index is 0.0281. The van der Waals surface area contributed by atoms with E-state index in [0.717, 1.165) is 29.9 Å². The molecule has 0 aromatic rings. The maximum atomic E-state index is 11.2. The van der Waals surface area contributed by atoms with Gasteiger partial charge in [0.1, 0.15) is 0 Å². The summed E-state index contributed by atoms with van der Waals surface area (Å²) in [5.41, 5.74) is 0. The van der Waals surface area contributed by atoms with Crippen LogP contribution in [0.1, 0.15) is 33.1 Å². The van der Waals surface area contributed by atoms with E-state index in [1.165, 1.54) is 12.2 Å². The van der Waals surface area contributed by atoms with Crippen LogP contribution in [-0.4, -0.2) is 34.5 Å². The van der Waals surface area contributed by atoms with Crippen molar-refractivity contribution in [1.29, 1.82) is 0 Å². The van der Waals surface area contributed by atoms with Crippen LogP contribution in [0.3, 0.4) is 0 Å². The molecule has 2 fully saturated rings. The fraction of sp³-hybridized carbons (Fsp3) is 0.909. The smallest absolute Gasteiger partial charge is 0.219 e. The number of hydrogen-bond donors (Lipinski definition) is 1. The number of unbranched alkanes of at least 4 members (excludes halogenated alkanes) is 1. The first-order valence-electron chi connectivity index (χ1n) is 5.74. The summed E-state index contributed by atoms with van der Waals surface area (Å²) < 4.78 is 0. The van der Waals surface area contributed by atoms with Crippen molar-refractivity contribution in [3.8, 4) is 0 Å².